The molecule has 1 aliphatic rings. The Labute approximate surface area is 295 Å². The van der Waals surface area contributed by atoms with E-state index in [4.69, 9.17) is 23.2 Å². The first-order chi connectivity index (χ1) is 22.6. The van der Waals surface area contributed by atoms with E-state index in [1.54, 1.807) is 60.7 Å². The summed E-state index contributed by atoms with van der Waals surface area (Å²) in [6.45, 7) is -0.587. The minimum atomic E-state index is -4.18. The van der Waals surface area contributed by atoms with Crippen molar-refractivity contribution >= 4 is 66.7 Å². The van der Waals surface area contributed by atoms with Crippen LogP contribution in [0.5, 0.6) is 0 Å². The molecule has 5 rings (SSSR count). The van der Waals surface area contributed by atoms with E-state index in [1.807, 2.05) is 30.3 Å². The maximum atomic E-state index is 14.6. The van der Waals surface area contributed by atoms with Gasteiger partial charge in [-0.15, -0.1) is 0 Å². The van der Waals surface area contributed by atoms with Crippen LogP contribution in [0.4, 0.5) is 5.69 Å². The van der Waals surface area contributed by atoms with E-state index < -0.39 is 28.5 Å². The minimum Gasteiger partial charge on any atom is -0.352 e. The van der Waals surface area contributed by atoms with Gasteiger partial charge in [-0.1, -0.05) is 113 Å². The van der Waals surface area contributed by atoms with Crippen molar-refractivity contribution in [3.63, 3.8) is 0 Å². The quantitative estimate of drug-likeness (QED) is 0.159. The maximum absolute atomic E-state index is 14.6. The molecule has 1 N–H and O–H groups in total. The molecule has 0 bridgehead atoms. The number of carbonyl (C=O) groups is 2. The van der Waals surface area contributed by atoms with Gasteiger partial charge in [0.25, 0.3) is 10.0 Å². The van der Waals surface area contributed by atoms with Gasteiger partial charge in [0.2, 0.25) is 11.8 Å². The number of sulfonamides is 1. The van der Waals surface area contributed by atoms with Gasteiger partial charge in [0.1, 0.15) is 12.6 Å². The monoisotopic (exact) mass is 755 g/mol. The van der Waals surface area contributed by atoms with Crippen LogP contribution in [0.25, 0.3) is 0 Å². The standard InChI is InChI=1S/C36H36BrCl2N3O4S/c37-28-17-20-31(21-18-28)42(47(45,46)32-14-8-3-9-15-32)25-35(43)41(24-27-16-19-29(38)23-33(27)39)34(22-26-10-4-1-5-11-26)36(44)40-30-12-6-2-7-13-30/h1,3-5,8-11,14-21,23,30,34H,2,6-7,12-13,22,24-25H2,(H,40,44). The summed E-state index contributed by atoms with van der Waals surface area (Å²) in [5.41, 5.74) is 1.74. The van der Waals surface area contributed by atoms with Crippen LogP contribution in [0.15, 0.2) is 112 Å². The number of benzene rings is 4. The highest BCUT2D eigenvalue weighted by Gasteiger charge is 2.35. The van der Waals surface area contributed by atoms with Gasteiger partial charge >= 0.3 is 0 Å². The van der Waals surface area contributed by atoms with Crippen molar-refractivity contribution in [2.75, 3.05) is 10.8 Å². The molecular weight excluding hydrogens is 721 g/mol. The summed E-state index contributed by atoms with van der Waals surface area (Å²) in [5, 5.41) is 3.98. The van der Waals surface area contributed by atoms with Crippen molar-refractivity contribution in [1.82, 2.24) is 10.2 Å². The van der Waals surface area contributed by atoms with Crippen LogP contribution in [-0.4, -0.2) is 43.8 Å². The summed E-state index contributed by atoms with van der Waals surface area (Å²) in [4.78, 5) is 30.3. The third kappa shape index (κ3) is 9.16. The number of hydrogen-bond donors (Lipinski definition) is 1. The van der Waals surface area contributed by atoms with Crippen LogP contribution in [0.3, 0.4) is 0 Å². The van der Waals surface area contributed by atoms with Gasteiger partial charge in [-0.05, 0) is 72.5 Å². The van der Waals surface area contributed by atoms with Crippen molar-refractivity contribution in [1.29, 1.82) is 0 Å². The van der Waals surface area contributed by atoms with E-state index in [-0.39, 0.29) is 29.8 Å². The fraction of sp³-hybridized carbons (Fsp3) is 0.278. The molecule has 11 heteroatoms. The molecule has 4 aromatic carbocycles. The Balaban J connectivity index is 1.57. The molecule has 0 saturated heterocycles. The fourth-order valence-electron chi connectivity index (χ4n) is 5.79. The Bertz CT molecular complexity index is 1770. The molecule has 0 spiro atoms. The first kappa shape index (κ1) is 35.0. The molecule has 47 heavy (non-hydrogen) atoms. The summed E-state index contributed by atoms with van der Waals surface area (Å²) in [6, 6.07) is 28.2. The lowest BCUT2D eigenvalue weighted by molar-refractivity contribution is -0.140. The van der Waals surface area contributed by atoms with Crippen LogP contribution in [0, 0.1) is 0 Å². The van der Waals surface area contributed by atoms with E-state index >= 15 is 0 Å². The molecule has 1 aliphatic carbocycles. The normalized spacial score (nSPS) is 14.3. The van der Waals surface area contributed by atoms with Crippen molar-refractivity contribution < 1.29 is 18.0 Å². The Kier molecular flexibility index (Phi) is 12.0. The van der Waals surface area contributed by atoms with Gasteiger partial charge in [0.15, 0.2) is 0 Å². The van der Waals surface area contributed by atoms with E-state index in [2.05, 4.69) is 21.2 Å². The Hall–Kier alpha value is -3.37. The molecule has 0 aromatic heterocycles. The average molecular weight is 758 g/mol. The molecule has 246 valence electrons. The first-order valence-corrected chi connectivity index (χ1v) is 18.5. The lowest BCUT2D eigenvalue weighted by Crippen LogP contribution is -2.55. The lowest BCUT2D eigenvalue weighted by atomic mass is 9.94. The SMILES string of the molecule is O=C(NC1CCCCC1)C(Cc1ccccc1)N(Cc1ccc(Cl)cc1Cl)C(=O)CN(c1ccc(Br)cc1)S(=O)(=O)c1ccccc1. The Morgan fingerprint density at radius 1 is 0.851 bits per heavy atom. The van der Waals surface area contributed by atoms with Gasteiger partial charge in [-0.25, -0.2) is 8.42 Å². The predicted molar refractivity (Wildman–Crippen MR) is 191 cm³/mol. The van der Waals surface area contributed by atoms with E-state index in [0.29, 0.717) is 21.3 Å². The van der Waals surface area contributed by atoms with E-state index in [1.165, 1.54) is 17.0 Å². The highest BCUT2D eigenvalue weighted by Crippen LogP contribution is 2.28. The highest BCUT2D eigenvalue weighted by molar-refractivity contribution is 9.10. The average Bonchev–Trinajstić information content (AvgIpc) is 3.07. The van der Waals surface area contributed by atoms with Gasteiger partial charge in [-0.3, -0.25) is 13.9 Å². The molecule has 0 aliphatic heterocycles. The molecule has 1 unspecified atom stereocenters. The number of nitrogens with one attached hydrogen (secondary N) is 1. The lowest BCUT2D eigenvalue weighted by Gasteiger charge is -2.35. The van der Waals surface area contributed by atoms with Gasteiger partial charge < -0.3 is 10.2 Å². The van der Waals surface area contributed by atoms with Crippen LogP contribution in [0.1, 0.15) is 43.2 Å². The molecule has 0 radical (unpaired) electrons. The summed E-state index contributed by atoms with van der Waals surface area (Å²) in [6.07, 6.45) is 5.13. The van der Waals surface area contributed by atoms with Crippen molar-refractivity contribution in [2.24, 2.45) is 0 Å². The third-order valence-corrected chi connectivity index (χ3v) is 11.2. The summed E-state index contributed by atoms with van der Waals surface area (Å²) < 4.78 is 30.1. The zero-order valence-electron chi connectivity index (χ0n) is 25.7. The zero-order chi connectivity index (χ0) is 33.4. The number of amides is 2. The van der Waals surface area contributed by atoms with Gasteiger partial charge in [0, 0.05) is 33.5 Å². The number of carbonyl (C=O) groups excluding carboxylic acids is 2. The van der Waals surface area contributed by atoms with Crippen molar-refractivity contribution in [3.05, 3.63) is 129 Å². The second-order valence-corrected chi connectivity index (χ2v) is 15.2. The summed E-state index contributed by atoms with van der Waals surface area (Å²) in [7, 11) is -4.18. The number of hydrogen-bond acceptors (Lipinski definition) is 4. The largest absolute Gasteiger partial charge is 0.352 e. The van der Waals surface area contributed by atoms with Gasteiger partial charge in [-0.2, -0.15) is 0 Å². The van der Waals surface area contributed by atoms with Crippen LogP contribution < -0.4 is 9.62 Å². The van der Waals surface area contributed by atoms with Crippen LogP contribution >= 0.6 is 39.1 Å². The molecule has 1 saturated carbocycles. The molecule has 4 aromatic rings. The van der Waals surface area contributed by atoms with Crippen molar-refractivity contribution in [3.8, 4) is 0 Å². The third-order valence-electron chi connectivity index (χ3n) is 8.30. The van der Waals surface area contributed by atoms with Crippen LogP contribution in [0.2, 0.25) is 10.0 Å². The maximum Gasteiger partial charge on any atom is 0.264 e. The topological polar surface area (TPSA) is 86.8 Å². The van der Waals surface area contributed by atoms with Crippen LogP contribution in [-0.2, 0) is 32.6 Å². The Morgan fingerprint density at radius 3 is 2.13 bits per heavy atom. The molecule has 1 atom stereocenters. The summed E-state index contributed by atoms with van der Waals surface area (Å²) in [5.74, 6) is -0.849. The Morgan fingerprint density at radius 2 is 1.49 bits per heavy atom. The predicted octanol–water partition coefficient (Wildman–Crippen LogP) is 8.04. The van der Waals surface area contributed by atoms with Crippen molar-refractivity contribution in [2.45, 2.75) is 62.0 Å². The summed E-state index contributed by atoms with van der Waals surface area (Å²) >= 11 is 16.2. The molecular formula is C36H36BrCl2N3O4S. The number of rotatable bonds is 12. The van der Waals surface area contributed by atoms with Gasteiger partial charge in [0.05, 0.1) is 10.6 Å². The van der Waals surface area contributed by atoms with E-state index in [9.17, 15) is 18.0 Å². The molecule has 0 heterocycles. The number of nitrogens with zero attached hydrogens (tertiary/aromatic N) is 2. The zero-order valence-corrected chi connectivity index (χ0v) is 29.6. The smallest absolute Gasteiger partial charge is 0.264 e. The fourth-order valence-corrected chi connectivity index (χ4v) is 7.96. The number of halogens is 3. The second-order valence-electron chi connectivity index (χ2n) is 11.6. The first-order valence-electron chi connectivity index (χ1n) is 15.5. The van der Waals surface area contributed by atoms with E-state index in [0.717, 1.165) is 46.4 Å². The molecule has 7 nitrogen and oxygen atoms in total. The second kappa shape index (κ2) is 16.2. The highest BCUT2D eigenvalue weighted by atomic mass is 79.9. The molecule has 2 amide bonds. The molecule has 1 fully saturated rings. The minimum absolute atomic E-state index is 0.00307. The number of anilines is 1.